The molecule has 6 heteroatoms. The van der Waals surface area contributed by atoms with Crippen molar-refractivity contribution < 1.29 is 0 Å². The molecule has 0 aliphatic heterocycles. The largest absolute Gasteiger partial charge is 0.362 e. The lowest BCUT2D eigenvalue weighted by molar-refractivity contribution is 0.524. The number of hydrogen-bond donors (Lipinski definition) is 2. The van der Waals surface area contributed by atoms with E-state index in [4.69, 9.17) is 5.73 Å². The summed E-state index contributed by atoms with van der Waals surface area (Å²) in [5.74, 6) is 0.735. The Labute approximate surface area is 93.9 Å². The number of aromatic nitrogens is 4. The van der Waals surface area contributed by atoms with E-state index >= 15 is 0 Å². The molecular formula is C10H16N6. The molecule has 0 aliphatic carbocycles. The van der Waals surface area contributed by atoms with E-state index in [0.717, 1.165) is 17.9 Å². The molecule has 0 bridgehead atoms. The molecule has 0 fully saturated rings. The van der Waals surface area contributed by atoms with Crippen molar-refractivity contribution in [2.24, 2.45) is 5.73 Å². The minimum Gasteiger partial charge on any atom is -0.362 e. The number of rotatable bonds is 4. The Morgan fingerprint density at radius 2 is 2.31 bits per heavy atom. The van der Waals surface area contributed by atoms with Crippen molar-refractivity contribution >= 4 is 11.5 Å². The van der Waals surface area contributed by atoms with Gasteiger partial charge in [-0.15, -0.1) is 10.2 Å². The molecule has 0 atom stereocenters. The summed E-state index contributed by atoms with van der Waals surface area (Å²) >= 11 is 0. The Bertz CT molecular complexity index is 475. The molecule has 0 saturated heterocycles. The molecule has 6 nitrogen and oxygen atoms in total. The third-order valence-corrected chi connectivity index (χ3v) is 2.44. The van der Waals surface area contributed by atoms with Gasteiger partial charge in [0.15, 0.2) is 5.82 Å². The Morgan fingerprint density at radius 3 is 3.06 bits per heavy atom. The second-order valence-corrected chi connectivity index (χ2v) is 4.39. The van der Waals surface area contributed by atoms with Gasteiger partial charge in [-0.2, -0.15) is 0 Å². The van der Waals surface area contributed by atoms with Crippen LogP contribution in [0.4, 0.5) is 5.82 Å². The van der Waals surface area contributed by atoms with Gasteiger partial charge in [-0.05, 0) is 26.8 Å². The number of nitrogens with two attached hydrogens (primary N) is 1. The highest BCUT2D eigenvalue weighted by molar-refractivity contribution is 5.62. The third kappa shape index (κ3) is 2.11. The highest BCUT2D eigenvalue weighted by Gasteiger charge is 2.18. The third-order valence-electron chi connectivity index (χ3n) is 2.44. The Kier molecular flexibility index (Phi) is 2.74. The number of hydrogen-bond acceptors (Lipinski definition) is 5. The minimum atomic E-state index is -0.102. The van der Waals surface area contributed by atoms with Crippen molar-refractivity contribution in [3.8, 4) is 0 Å². The highest BCUT2D eigenvalue weighted by Crippen LogP contribution is 2.18. The zero-order chi connectivity index (χ0) is 11.6. The Balaban J connectivity index is 2.30. The number of nitrogens with one attached hydrogen (secondary N) is 1. The van der Waals surface area contributed by atoms with Crippen LogP contribution < -0.4 is 11.1 Å². The zero-order valence-electron chi connectivity index (χ0n) is 9.51. The highest BCUT2D eigenvalue weighted by atomic mass is 15.2. The van der Waals surface area contributed by atoms with Gasteiger partial charge in [0.1, 0.15) is 6.33 Å². The summed E-state index contributed by atoms with van der Waals surface area (Å²) in [6.45, 7) is 4.80. The predicted octanol–water partition coefficient (Wildman–Crippen LogP) is 0.664. The van der Waals surface area contributed by atoms with Gasteiger partial charge in [-0.1, -0.05) is 0 Å². The van der Waals surface area contributed by atoms with Crippen molar-refractivity contribution in [3.05, 3.63) is 18.7 Å². The molecule has 0 radical (unpaired) electrons. The second kappa shape index (κ2) is 4.05. The van der Waals surface area contributed by atoms with Crippen molar-refractivity contribution in [1.82, 2.24) is 19.6 Å². The van der Waals surface area contributed by atoms with E-state index in [2.05, 4.69) is 34.3 Å². The first-order chi connectivity index (χ1) is 7.62. The van der Waals surface area contributed by atoms with Crippen LogP contribution in [0.25, 0.3) is 5.65 Å². The topological polar surface area (TPSA) is 81.1 Å². The van der Waals surface area contributed by atoms with Crippen LogP contribution in [0.2, 0.25) is 0 Å². The number of nitrogens with zero attached hydrogens (tertiary/aromatic N) is 4. The van der Waals surface area contributed by atoms with Crippen LogP contribution in [-0.2, 0) is 0 Å². The van der Waals surface area contributed by atoms with Gasteiger partial charge in [-0.25, -0.2) is 4.98 Å². The van der Waals surface area contributed by atoms with Gasteiger partial charge in [0.25, 0.3) is 0 Å². The van der Waals surface area contributed by atoms with Crippen LogP contribution in [0.1, 0.15) is 20.3 Å². The zero-order valence-corrected chi connectivity index (χ0v) is 9.51. The van der Waals surface area contributed by atoms with Gasteiger partial charge in [0.2, 0.25) is 5.65 Å². The fourth-order valence-electron chi connectivity index (χ4n) is 1.59. The van der Waals surface area contributed by atoms with Gasteiger partial charge >= 0.3 is 0 Å². The van der Waals surface area contributed by atoms with Crippen molar-refractivity contribution in [1.29, 1.82) is 0 Å². The second-order valence-electron chi connectivity index (χ2n) is 4.39. The number of anilines is 1. The standard InChI is InChI=1S/C10H16N6/c1-10(2,3-4-11)14-8-9-15-13-7-16(9)6-5-12-8/h5-7H,3-4,11H2,1-2H3,(H,12,14). The van der Waals surface area contributed by atoms with E-state index in [1.165, 1.54) is 0 Å². The summed E-state index contributed by atoms with van der Waals surface area (Å²) in [6.07, 6.45) is 6.05. The molecule has 0 spiro atoms. The first-order valence-electron chi connectivity index (χ1n) is 5.25. The van der Waals surface area contributed by atoms with Crippen LogP contribution in [0.3, 0.4) is 0 Å². The fraction of sp³-hybridized carbons (Fsp3) is 0.500. The predicted molar refractivity (Wildman–Crippen MR) is 62.2 cm³/mol. The van der Waals surface area contributed by atoms with E-state index in [1.54, 1.807) is 12.5 Å². The van der Waals surface area contributed by atoms with Crippen molar-refractivity contribution in [3.63, 3.8) is 0 Å². The van der Waals surface area contributed by atoms with Crippen LogP contribution in [-0.4, -0.2) is 31.7 Å². The van der Waals surface area contributed by atoms with E-state index in [-0.39, 0.29) is 5.54 Å². The summed E-state index contributed by atoms with van der Waals surface area (Å²) < 4.78 is 1.83. The summed E-state index contributed by atoms with van der Waals surface area (Å²) in [4.78, 5) is 4.27. The number of fused-ring (bicyclic) bond motifs is 1. The van der Waals surface area contributed by atoms with E-state index in [9.17, 15) is 0 Å². The van der Waals surface area contributed by atoms with E-state index in [0.29, 0.717) is 6.54 Å². The summed E-state index contributed by atoms with van der Waals surface area (Å²) in [5.41, 5.74) is 6.19. The lowest BCUT2D eigenvalue weighted by Gasteiger charge is -2.26. The summed E-state index contributed by atoms with van der Waals surface area (Å²) in [6, 6.07) is 0. The van der Waals surface area contributed by atoms with E-state index < -0.39 is 0 Å². The molecule has 0 aromatic carbocycles. The van der Waals surface area contributed by atoms with Crippen LogP contribution in [0.15, 0.2) is 18.7 Å². The van der Waals surface area contributed by atoms with Crippen molar-refractivity contribution in [2.75, 3.05) is 11.9 Å². The molecule has 2 heterocycles. The molecule has 0 amide bonds. The van der Waals surface area contributed by atoms with Gasteiger partial charge in [0, 0.05) is 17.9 Å². The first-order valence-corrected chi connectivity index (χ1v) is 5.25. The fourth-order valence-corrected chi connectivity index (χ4v) is 1.59. The van der Waals surface area contributed by atoms with Crippen LogP contribution >= 0.6 is 0 Å². The molecule has 0 aliphatic rings. The Morgan fingerprint density at radius 1 is 1.50 bits per heavy atom. The quantitative estimate of drug-likeness (QED) is 0.791. The smallest absolute Gasteiger partial charge is 0.203 e. The maximum atomic E-state index is 5.57. The monoisotopic (exact) mass is 220 g/mol. The molecule has 2 rings (SSSR count). The summed E-state index contributed by atoms with van der Waals surface area (Å²) in [7, 11) is 0. The lowest BCUT2D eigenvalue weighted by atomic mass is 10.0. The summed E-state index contributed by atoms with van der Waals surface area (Å²) in [5, 5.41) is 11.2. The van der Waals surface area contributed by atoms with Crippen LogP contribution in [0, 0.1) is 0 Å². The lowest BCUT2D eigenvalue weighted by Crippen LogP contribution is -2.34. The average molecular weight is 220 g/mol. The molecule has 0 saturated carbocycles. The molecular weight excluding hydrogens is 204 g/mol. The van der Waals surface area contributed by atoms with E-state index in [1.807, 2.05) is 10.6 Å². The molecule has 0 unspecified atom stereocenters. The van der Waals surface area contributed by atoms with Gasteiger partial charge in [-0.3, -0.25) is 4.40 Å². The average Bonchev–Trinajstić information content (AvgIpc) is 2.65. The SMILES string of the molecule is CC(C)(CCN)Nc1nccn2cnnc12. The van der Waals surface area contributed by atoms with Gasteiger partial charge in [0.05, 0.1) is 0 Å². The first kappa shape index (κ1) is 10.8. The molecule has 3 N–H and O–H groups in total. The van der Waals surface area contributed by atoms with Gasteiger partial charge < -0.3 is 11.1 Å². The molecule has 86 valence electrons. The van der Waals surface area contributed by atoms with Crippen LogP contribution in [0.5, 0.6) is 0 Å². The normalized spacial score (nSPS) is 11.9. The van der Waals surface area contributed by atoms with Crippen molar-refractivity contribution in [2.45, 2.75) is 25.8 Å². The molecule has 2 aromatic rings. The molecule has 16 heavy (non-hydrogen) atoms. The molecule has 2 aromatic heterocycles. The minimum absolute atomic E-state index is 0.102. The Hall–Kier alpha value is -1.69. The maximum Gasteiger partial charge on any atom is 0.203 e. The maximum absolute atomic E-state index is 5.57.